The van der Waals surface area contributed by atoms with Gasteiger partial charge in [0.2, 0.25) is 0 Å². The lowest BCUT2D eigenvalue weighted by atomic mass is 10.1. The third kappa shape index (κ3) is 11.0. The molecule has 2 N–H and O–H groups in total. The van der Waals surface area contributed by atoms with Crippen molar-refractivity contribution in [1.82, 2.24) is 0 Å². The summed E-state index contributed by atoms with van der Waals surface area (Å²) in [6, 6.07) is 18.0. The third-order valence-electron chi connectivity index (χ3n) is 2.84. The van der Waals surface area contributed by atoms with Gasteiger partial charge in [0.1, 0.15) is 0 Å². The van der Waals surface area contributed by atoms with E-state index in [0.717, 1.165) is 11.1 Å². The van der Waals surface area contributed by atoms with Crippen molar-refractivity contribution in [2.24, 2.45) is 0 Å². The molecule has 0 fully saturated rings. The van der Waals surface area contributed by atoms with Gasteiger partial charge in [-0.05, 0) is 16.7 Å². The summed E-state index contributed by atoms with van der Waals surface area (Å²) in [6.45, 7) is 11.0. The Labute approximate surface area is 153 Å². The van der Waals surface area contributed by atoms with Crippen molar-refractivity contribution >= 4 is 30.2 Å². The highest BCUT2D eigenvalue weighted by atomic mass is 16.4. The molecule has 26 heavy (non-hydrogen) atoms. The van der Waals surface area contributed by atoms with Gasteiger partial charge in [0.25, 0.3) is 0 Å². The van der Waals surface area contributed by atoms with E-state index < -0.39 is 11.9 Å². The second-order valence-electron chi connectivity index (χ2n) is 4.66. The van der Waals surface area contributed by atoms with Gasteiger partial charge in [-0.1, -0.05) is 92.6 Å². The van der Waals surface area contributed by atoms with Crippen molar-refractivity contribution in [1.29, 1.82) is 0 Å². The van der Waals surface area contributed by atoms with Gasteiger partial charge < -0.3 is 10.2 Å². The smallest absolute Gasteiger partial charge is 0.328 e. The molecule has 0 aliphatic carbocycles. The summed E-state index contributed by atoms with van der Waals surface area (Å²) in [4.78, 5) is 19.1. The van der Waals surface area contributed by atoms with Crippen LogP contribution in [0.3, 0.4) is 0 Å². The molecule has 0 saturated carbocycles. The summed E-state index contributed by atoms with van der Waals surface area (Å²) in [6.07, 6.45) is 6.61. The van der Waals surface area contributed by atoms with E-state index in [1.165, 1.54) is 5.56 Å². The average molecular weight is 350 g/mol. The molecule has 0 amide bonds. The van der Waals surface area contributed by atoms with Gasteiger partial charge in [-0.15, -0.1) is 0 Å². The van der Waals surface area contributed by atoms with Gasteiger partial charge >= 0.3 is 11.9 Å². The minimum absolute atomic E-state index is 0.558. The molecule has 0 bridgehead atoms. The van der Waals surface area contributed by atoms with Crippen LogP contribution in [0.1, 0.15) is 16.7 Å². The average Bonchev–Trinajstić information content (AvgIpc) is 2.68. The van der Waals surface area contributed by atoms with Gasteiger partial charge in [0.05, 0.1) is 0 Å². The molecule has 2 rings (SSSR count). The Kier molecular flexibility index (Phi) is 11.8. The van der Waals surface area contributed by atoms with Crippen LogP contribution in [-0.4, -0.2) is 22.2 Å². The molecular weight excluding hydrogens is 328 g/mol. The second kappa shape index (κ2) is 13.7. The Morgan fingerprint density at radius 2 is 1.04 bits per heavy atom. The van der Waals surface area contributed by atoms with Crippen LogP contribution < -0.4 is 0 Å². The lowest BCUT2D eigenvalue weighted by Gasteiger charge is -1.96. The number of rotatable bonds is 5. The van der Waals surface area contributed by atoms with Gasteiger partial charge in [0.15, 0.2) is 0 Å². The fourth-order valence-corrected chi connectivity index (χ4v) is 1.61. The summed E-state index contributed by atoms with van der Waals surface area (Å²) in [5, 5.41) is 15.6. The van der Waals surface area contributed by atoms with E-state index in [-0.39, 0.29) is 0 Å². The standard InChI is InChI=1S/C10H10.C8H8.C4H4O4/c1-3-9-7-5-6-8-10(9)4-2;1-2-8-6-4-3-5-7-8;5-3(6)1-2-4(7)8/h3-8H,1-2H2;2-7H,1H2;1-2H,(H,5,6)(H,7,8). The zero-order valence-electron chi connectivity index (χ0n) is 14.4. The second-order valence-corrected chi connectivity index (χ2v) is 4.66. The summed E-state index contributed by atoms with van der Waals surface area (Å²) in [5.41, 5.74) is 3.45. The molecule has 0 aliphatic heterocycles. The van der Waals surface area contributed by atoms with Gasteiger partial charge in [-0.3, -0.25) is 0 Å². The van der Waals surface area contributed by atoms with E-state index in [9.17, 15) is 9.59 Å². The van der Waals surface area contributed by atoms with E-state index in [1.54, 1.807) is 0 Å². The maximum absolute atomic E-state index is 9.55. The largest absolute Gasteiger partial charge is 0.478 e. The molecule has 0 radical (unpaired) electrons. The van der Waals surface area contributed by atoms with Gasteiger partial charge in [-0.25, -0.2) is 9.59 Å². The highest BCUT2D eigenvalue weighted by molar-refractivity contribution is 5.89. The molecule has 0 saturated heterocycles. The monoisotopic (exact) mass is 350 g/mol. The van der Waals surface area contributed by atoms with Crippen molar-refractivity contribution in [3.63, 3.8) is 0 Å². The molecular formula is C22H22O4. The fourth-order valence-electron chi connectivity index (χ4n) is 1.61. The number of carbonyl (C=O) groups is 2. The molecule has 0 unspecified atom stereocenters. The van der Waals surface area contributed by atoms with E-state index in [2.05, 4.69) is 19.7 Å². The number of benzene rings is 2. The molecule has 0 aromatic heterocycles. The molecule has 0 heterocycles. The minimum atomic E-state index is -1.26. The maximum Gasteiger partial charge on any atom is 0.328 e. The van der Waals surface area contributed by atoms with Crippen LogP contribution in [0.25, 0.3) is 18.2 Å². The predicted molar refractivity (Wildman–Crippen MR) is 108 cm³/mol. The number of hydrogen-bond acceptors (Lipinski definition) is 2. The van der Waals surface area contributed by atoms with Crippen molar-refractivity contribution in [3.05, 3.63) is 103 Å². The Balaban J connectivity index is 0.000000365. The zero-order valence-corrected chi connectivity index (χ0v) is 14.4. The van der Waals surface area contributed by atoms with Crippen LogP contribution in [0.5, 0.6) is 0 Å². The first-order chi connectivity index (χ1) is 12.4. The molecule has 0 spiro atoms. The normalized spacial score (nSPS) is 8.92. The quantitative estimate of drug-likeness (QED) is 0.743. The third-order valence-corrected chi connectivity index (χ3v) is 2.84. The van der Waals surface area contributed by atoms with Crippen molar-refractivity contribution in [2.75, 3.05) is 0 Å². The highest BCUT2D eigenvalue weighted by Gasteiger charge is 1.89. The van der Waals surface area contributed by atoms with Gasteiger partial charge in [-0.2, -0.15) is 0 Å². The van der Waals surface area contributed by atoms with Crippen molar-refractivity contribution < 1.29 is 19.8 Å². The molecule has 2 aromatic carbocycles. The number of aliphatic carboxylic acids is 2. The Hall–Kier alpha value is -3.66. The minimum Gasteiger partial charge on any atom is -0.478 e. The number of hydrogen-bond donors (Lipinski definition) is 2. The SMILES string of the molecule is C=Cc1ccccc1.C=Cc1ccccc1C=C.O=C(O)C=CC(=O)O. The first-order valence-electron chi connectivity index (χ1n) is 7.59. The number of carboxylic acids is 2. The van der Waals surface area contributed by atoms with E-state index in [1.807, 2.05) is 72.8 Å². The zero-order chi connectivity index (χ0) is 19.8. The maximum atomic E-state index is 9.55. The molecule has 0 aliphatic rings. The Morgan fingerprint density at radius 1 is 0.654 bits per heavy atom. The lowest BCUT2D eigenvalue weighted by molar-refractivity contribution is -0.134. The summed E-state index contributed by atoms with van der Waals surface area (Å²) in [7, 11) is 0. The first kappa shape index (κ1) is 22.3. The summed E-state index contributed by atoms with van der Waals surface area (Å²) >= 11 is 0. The Bertz CT molecular complexity index is 716. The van der Waals surface area contributed by atoms with Crippen LogP contribution in [0.15, 0.2) is 86.5 Å². The molecule has 134 valence electrons. The highest BCUT2D eigenvalue weighted by Crippen LogP contribution is 2.10. The topological polar surface area (TPSA) is 74.6 Å². The van der Waals surface area contributed by atoms with Crippen LogP contribution in [-0.2, 0) is 9.59 Å². The molecule has 0 atom stereocenters. The van der Waals surface area contributed by atoms with E-state index in [4.69, 9.17) is 10.2 Å². The van der Waals surface area contributed by atoms with Crippen LogP contribution in [0.4, 0.5) is 0 Å². The summed E-state index contributed by atoms with van der Waals surface area (Å²) in [5.74, 6) is -2.51. The van der Waals surface area contributed by atoms with E-state index >= 15 is 0 Å². The van der Waals surface area contributed by atoms with Crippen LogP contribution in [0.2, 0.25) is 0 Å². The van der Waals surface area contributed by atoms with Crippen molar-refractivity contribution in [3.8, 4) is 0 Å². The predicted octanol–water partition coefficient (Wildman–Crippen LogP) is 5.01. The first-order valence-corrected chi connectivity index (χ1v) is 7.59. The number of carboxylic acid groups (broad SMARTS) is 2. The van der Waals surface area contributed by atoms with E-state index in [0.29, 0.717) is 12.2 Å². The molecule has 4 heteroatoms. The fraction of sp³-hybridized carbons (Fsp3) is 0. The molecule has 2 aromatic rings. The van der Waals surface area contributed by atoms with Gasteiger partial charge in [0, 0.05) is 12.2 Å². The summed E-state index contributed by atoms with van der Waals surface area (Å²) < 4.78 is 0. The van der Waals surface area contributed by atoms with Crippen LogP contribution in [0, 0.1) is 0 Å². The Morgan fingerprint density at radius 3 is 1.31 bits per heavy atom. The lowest BCUT2D eigenvalue weighted by Crippen LogP contribution is -1.91. The van der Waals surface area contributed by atoms with Crippen molar-refractivity contribution in [2.45, 2.75) is 0 Å². The van der Waals surface area contributed by atoms with Crippen LogP contribution >= 0.6 is 0 Å². The molecule has 4 nitrogen and oxygen atoms in total.